The average Bonchev–Trinajstić information content (AvgIpc) is 1.81. The second-order valence-corrected chi connectivity index (χ2v) is 3.84. The zero-order valence-corrected chi connectivity index (χ0v) is 6.68. The van der Waals surface area contributed by atoms with Gasteiger partial charge in [0.2, 0.25) is 0 Å². The molecule has 0 aliphatic heterocycles. The minimum absolute atomic E-state index is 0.175. The van der Waals surface area contributed by atoms with Gasteiger partial charge in [0.1, 0.15) is 5.78 Å². The second-order valence-electron chi connectivity index (χ2n) is 3.84. The Morgan fingerprint density at radius 1 is 1.60 bits per heavy atom. The highest BCUT2D eigenvalue weighted by molar-refractivity contribution is 5.84. The molecule has 0 radical (unpaired) electrons. The topological polar surface area (TPSA) is 43.1 Å². The van der Waals surface area contributed by atoms with Crippen molar-refractivity contribution in [3.63, 3.8) is 0 Å². The molecule has 0 bridgehead atoms. The van der Waals surface area contributed by atoms with Crippen molar-refractivity contribution in [2.45, 2.75) is 26.7 Å². The van der Waals surface area contributed by atoms with E-state index >= 15 is 0 Å². The lowest BCUT2D eigenvalue weighted by molar-refractivity contribution is -0.130. The highest BCUT2D eigenvalue weighted by Gasteiger charge is 2.37. The lowest BCUT2D eigenvalue weighted by Crippen LogP contribution is -2.40. The molecular formula is C8H15NO. The predicted octanol–water partition coefficient (Wildman–Crippen LogP) is 0.950. The third-order valence-electron chi connectivity index (χ3n) is 2.58. The summed E-state index contributed by atoms with van der Waals surface area (Å²) >= 11 is 0. The SMILES string of the molecule is CC(C)(CN)C1CC(=O)C1. The first-order valence-corrected chi connectivity index (χ1v) is 3.78. The first-order valence-electron chi connectivity index (χ1n) is 3.78. The number of carbonyl (C=O) groups excluding carboxylic acids is 1. The van der Waals surface area contributed by atoms with Gasteiger partial charge in [-0.05, 0) is 17.9 Å². The maximum absolute atomic E-state index is 10.6. The molecule has 0 aromatic heterocycles. The van der Waals surface area contributed by atoms with Crippen molar-refractivity contribution in [2.24, 2.45) is 17.1 Å². The Morgan fingerprint density at radius 3 is 2.40 bits per heavy atom. The van der Waals surface area contributed by atoms with Gasteiger partial charge in [-0.25, -0.2) is 0 Å². The van der Waals surface area contributed by atoms with Gasteiger partial charge in [-0.1, -0.05) is 13.8 Å². The van der Waals surface area contributed by atoms with Gasteiger partial charge in [0.15, 0.2) is 0 Å². The number of nitrogens with two attached hydrogens (primary N) is 1. The minimum atomic E-state index is 0.175. The number of ketones is 1. The Bertz CT molecular complexity index is 143. The summed E-state index contributed by atoms with van der Waals surface area (Å²) in [7, 11) is 0. The molecular weight excluding hydrogens is 126 g/mol. The fourth-order valence-electron chi connectivity index (χ4n) is 1.21. The predicted molar refractivity (Wildman–Crippen MR) is 40.6 cm³/mol. The lowest BCUT2D eigenvalue weighted by Gasteiger charge is -2.38. The fourth-order valence-corrected chi connectivity index (χ4v) is 1.21. The Balaban J connectivity index is 2.43. The molecule has 0 aromatic carbocycles. The largest absolute Gasteiger partial charge is 0.330 e. The van der Waals surface area contributed by atoms with Crippen LogP contribution in [0.25, 0.3) is 0 Å². The van der Waals surface area contributed by atoms with Crippen LogP contribution < -0.4 is 5.73 Å². The quantitative estimate of drug-likeness (QED) is 0.622. The lowest BCUT2D eigenvalue weighted by atomic mass is 9.67. The third-order valence-corrected chi connectivity index (χ3v) is 2.58. The van der Waals surface area contributed by atoms with Gasteiger partial charge in [0.25, 0.3) is 0 Å². The number of hydrogen-bond acceptors (Lipinski definition) is 2. The monoisotopic (exact) mass is 141 g/mol. The van der Waals surface area contributed by atoms with E-state index in [-0.39, 0.29) is 5.41 Å². The highest BCUT2D eigenvalue weighted by atomic mass is 16.1. The molecule has 0 spiro atoms. The van der Waals surface area contributed by atoms with Crippen LogP contribution in [0.3, 0.4) is 0 Å². The van der Waals surface area contributed by atoms with Crippen LogP contribution >= 0.6 is 0 Å². The van der Waals surface area contributed by atoms with Crippen LogP contribution in [0.4, 0.5) is 0 Å². The Hall–Kier alpha value is -0.370. The van der Waals surface area contributed by atoms with Gasteiger partial charge in [-0.3, -0.25) is 4.79 Å². The van der Waals surface area contributed by atoms with E-state index in [0.717, 1.165) is 12.8 Å². The number of Topliss-reactive ketones (excluding diaryl/α,β-unsaturated/α-hetero) is 1. The van der Waals surface area contributed by atoms with Crippen LogP contribution in [0.1, 0.15) is 26.7 Å². The van der Waals surface area contributed by atoms with Crippen LogP contribution in [-0.2, 0) is 4.79 Å². The molecule has 0 unspecified atom stereocenters. The van der Waals surface area contributed by atoms with Crippen LogP contribution in [0.15, 0.2) is 0 Å². The van der Waals surface area contributed by atoms with Crippen molar-refractivity contribution in [3.05, 3.63) is 0 Å². The minimum Gasteiger partial charge on any atom is -0.330 e. The van der Waals surface area contributed by atoms with Gasteiger partial charge in [-0.2, -0.15) is 0 Å². The molecule has 1 rings (SSSR count). The molecule has 0 atom stereocenters. The van der Waals surface area contributed by atoms with E-state index in [1.54, 1.807) is 0 Å². The number of carbonyl (C=O) groups is 1. The van der Waals surface area contributed by atoms with E-state index in [0.29, 0.717) is 18.2 Å². The normalized spacial score (nSPS) is 20.9. The fraction of sp³-hybridized carbons (Fsp3) is 0.875. The van der Waals surface area contributed by atoms with E-state index in [9.17, 15) is 4.79 Å². The van der Waals surface area contributed by atoms with E-state index in [1.807, 2.05) is 0 Å². The molecule has 58 valence electrons. The summed E-state index contributed by atoms with van der Waals surface area (Å²) in [5.41, 5.74) is 5.73. The molecule has 0 heterocycles. The number of rotatable bonds is 2. The zero-order chi connectivity index (χ0) is 7.78. The van der Waals surface area contributed by atoms with Crippen molar-refractivity contribution in [2.75, 3.05) is 6.54 Å². The van der Waals surface area contributed by atoms with Crippen LogP contribution in [0.2, 0.25) is 0 Å². The van der Waals surface area contributed by atoms with E-state index in [4.69, 9.17) is 5.73 Å². The molecule has 2 heteroatoms. The van der Waals surface area contributed by atoms with Gasteiger partial charge in [-0.15, -0.1) is 0 Å². The van der Waals surface area contributed by atoms with E-state index < -0.39 is 0 Å². The summed E-state index contributed by atoms with van der Waals surface area (Å²) in [4.78, 5) is 10.6. The smallest absolute Gasteiger partial charge is 0.133 e. The summed E-state index contributed by atoms with van der Waals surface area (Å²) in [5, 5.41) is 0. The first-order chi connectivity index (χ1) is 4.56. The summed E-state index contributed by atoms with van der Waals surface area (Å²) in [6.07, 6.45) is 1.51. The second kappa shape index (κ2) is 2.35. The summed E-state index contributed by atoms with van der Waals surface area (Å²) < 4.78 is 0. The molecule has 0 saturated heterocycles. The Morgan fingerprint density at radius 2 is 2.10 bits per heavy atom. The van der Waals surface area contributed by atoms with Gasteiger partial charge in [0.05, 0.1) is 0 Å². The highest BCUT2D eigenvalue weighted by Crippen LogP contribution is 2.38. The first kappa shape index (κ1) is 7.73. The van der Waals surface area contributed by atoms with Crippen LogP contribution in [0.5, 0.6) is 0 Å². The summed E-state index contributed by atoms with van der Waals surface area (Å²) in [5.74, 6) is 0.941. The van der Waals surface area contributed by atoms with Crippen molar-refractivity contribution in [1.82, 2.24) is 0 Å². The van der Waals surface area contributed by atoms with E-state index in [2.05, 4.69) is 13.8 Å². The van der Waals surface area contributed by atoms with Crippen molar-refractivity contribution in [3.8, 4) is 0 Å². The molecule has 10 heavy (non-hydrogen) atoms. The molecule has 0 amide bonds. The van der Waals surface area contributed by atoms with Gasteiger partial charge >= 0.3 is 0 Å². The average molecular weight is 141 g/mol. The molecule has 1 aliphatic rings. The third kappa shape index (κ3) is 1.21. The standard InChI is InChI=1S/C8H15NO/c1-8(2,5-9)6-3-7(10)4-6/h6H,3-5,9H2,1-2H3. The van der Waals surface area contributed by atoms with Crippen molar-refractivity contribution >= 4 is 5.78 Å². The molecule has 0 aromatic rings. The molecule has 2 nitrogen and oxygen atoms in total. The molecule has 1 saturated carbocycles. The van der Waals surface area contributed by atoms with Gasteiger partial charge < -0.3 is 5.73 Å². The zero-order valence-electron chi connectivity index (χ0n) is 6.68. The van der Waals surface area contributed by atoms with Crippen LogP contribution in [0, 0.1) is 11.3 Å². The summed E-state index contributed by atoms with van der Waals surface area (Å²) in [6, 6.07) is 0. The molecule has 1 fully saturated rings. The van der Waals surface area contributed by atoms with Gasteiger partial charge in [0, 0.05) is 12.8 Å². The van der Waals surface area contributed by atoms with E-state index in [1.165, 1.54) is 0 Å². The maximum Gasteiger partial charge on any atom is 0.133 e. The summed E-state index contributed by atoms with van der Waals surface area (Å²) in [6.45, 7) is 4.94. The maximum atomic E-state index is 10.6. The Labute approximate surface area is 61.8 Å². The number of hydrogen-bond donors (Lipinski definition) is 1. The van der Waals surface area contributed by atoms with Crippen molar-refractivity contribution in [1.29, 1.82) is 0 Å². The molecule has 2 N–H and O–H groups in total. The molecule has 1 aliphatic carbocycles. The Kier molecular flexibility index (Phi) is 1.82. The van der Waals surface area contributed by atoms with Crippen LogP contribution in [-0.4, -0.2) is 12.3 Å². The van der Waals surface area contributed by atoms with Crippen molar-refractivity contribution < 1.29 is 4.79 Å².